The lowest BCUT2D eigenvalue weighted by Crippen LogP contribution is -2.60. The van der Waals surface area contributed by atoms with Gasteiger partial charge in [0, 0.05) is 60.5 Å². The van der Waals surface area contributed by atoms with Gasteiger partial charge in [0.1, 0.15) is 12.1 Å². The SMILES string of the molecule is CCn1c(-c2cccnc2[C@H](C)OC)c2c3cc(ccc31)C1CSC(=N1)C[C@H](NC(=O)[C@@H]1[C@@H](C)[C@H]1C(=O)O)C(=O)N1CCC[C@H](N1)C(=O)OCC(C)(C)C2. The molecule has 2 aromatic heterocycles. The van der Waals surface area contributed by atoms with E-state index in [4.69, 9.17) is 19.5 Å². The first-order valence-corrected chi connectivity index (χ1v) is 19.9. The van der Waals surface area contributed by atoms with Gasteiger partial charge < -0.3 is 24.5 Å². The van der Waals surface area contributed by atoms with Gasteiger partial charge in [0.25, 0.3) is 5.91 Å². The fraction of sp³-hybridized carbons (Fsp3) is 0.550. The van der Waals surface area contributed by atoms with E-state index < -0.39 is 53.1 Å². The van der Waals surface area contributed by atoms with Crippen LogP contribution in [-0.2, 0) is 41.6 Å². The zero-order valence-corrected chi connectivity index (χ0v) is 32.6. The molecule has 13 nitrogen and oxygen atoms in total. The molecule has 0 spiro atoms. The summed E-state index contributed by atoms with van der Waals surface area (Å²) in [5.41, 5.74) is 8.77. The number of aromatic nitrogens is 2. The summed E-state index contributed by atoms with van der Waals surface area (Å²) in [6.07, 6.45) is 3.37. The molecule has 2 amide bonds. The molecule has 54 heavy (non-hydrogen) atoms. The number of methoxy groups -OCH3 is 1. The normalized spacial score (nSPS) is 27.5. The third kappa shape index (κ3) is 7.27. The molecule has 2 fully saturated rings. The maximum absolute atomic E-state index is 14.1. The Morgan fingerprint density at radius 1 is 1.22 bits per heavy atom. The van der Waals surface area contributed by atoms with Gasteiger partial charge in [0.2, 0.25) is 5.91 Å². The number of carbonyl (C=O) groups is 4. The molecule has 0 radical (unpaired) electrons. The average molecular weight is 759 g/mol. The van der Waals surface area contributed by atoms with Gasteiger partial charge in [-0.15, -0.1) is 11.8 Å². The Bertz CT molecular complexity index is 2010. The van der Waals surface area contributed by atoms with Gasteiger partial charge in [-0.1, -0.05) is 26.8 Å². The topological polar surface area (TPSA) is 164 Å². The molecule has 7 rings (SSSR count). The maximum atomic E-state index is 14.1. The number of aliphatic carboxylic acids is 1. The van der Waals surface area contributed by atoms with Crippen LogP contribution in [-0.4, -0.2) is 86.6 Å². The number of amides is 2. The van der Waals surface area contributed by atoms with Crippen molar-refractivity contribution in [1.29, 1.82) is 0 Å². The second kappa shape index (κ2) is 15.1. The minimum Gasteiger partial charge on any atom is -0.481 e. The second-order valence-corrected chi connectivity index (χ2v) is 16.9. The first-order valence-electron chi connectivity index (χ1n) is 18.9. The number of carboxylic acid groups (broad SMARTS) is 1. The van der Waals surface area contributed by atoms with E-state index in [1.54, 1.807) is 32.0 Å². The van der Waals surface area contributed by atoms with E-state index in [-0.39, 0.29) is 31.1 Å². The van der Waals surface area contributed by atoms with Gasteiger partial charge in [0.05, 0.1) is 47.0 Å². The van der Waals surface area contributed by atoms with Crippen LogP contribution in [0.1, 0.15) is 82.8 Å². The third-order valence-electron chi connectivity index (χ3n) is 11.4. The lowest BCUT2D eigenvalue weighted by molar-refractivity contribution is -0.155. The van der Waals surface area contributed by atoms with Crippen LogP contribution in [0, 0.1) is 23.2 Å². The largest absolute Gasteiger partial charge is 0.481 e. The molecule has 3 aromatic rings. The van der Waals surface area contributed by atoms with E-state index in [1.807, 2.05) is 13.0 Å². The minimum absolute atomic E-state index is 0.150. The quantitative estimate of drug-likeness (QED) is 0.277. The van der Waals surface area contributed by atoms with E-state index in [0.717, 1.165) is 50.6 Å². The van der Waals surface area contributed by atoms with Gasteiger partial charge in [-0.25, -0.2) is 5.43 Å². The number of pyridine rings is 1. The van der Waals surface area contributed by atoms with Crippen LogP contribution in [0.5, 0.6) is 0 Å². The number of nitrogens with one attached hydrogen (secondary N) is 2. The summed E-state index contributed by atoms with van der Waals surface area (Å²) >= 11 is 1.56. The Morgan fingerprint density at radius 3 is 2.74 bits per heavy atom. The number of benzene rings is 1. The van der Waals surface area contributed by atoms with E-state index in [1.165, 1.54) is 5.01 Å². The highest BCUT2D eigenvalue weighted by Crippen LogP contribution is 2.46. The molecule has 1 saturated carbocycles. The Balaban J connectivity index is 1.32. The number of aryl methyl sites for hydroxylation is 1. The molecule has 1 aliphatic carbocycles. The molecule has 3 N–H and O–H groups in total. The van der Waals surface area contributed by atoms with Crippen LogP contribution in [0.3, 0.4) is 0 Å². The van der Waals surface area contributed by atoms with Crippen LogP contribution in [0.2, 0.25) is 0 Å². The number of nitrogens with zero attached hydrogens (tertiary/aromatic N) is 4. The molecule has 4 aliphatic rings. The van der Waals surface area contributed by atoms with Gasteiger partial charge in [0.15, 0.2) is 0 Å². The molecule has 1 saturated heterocycles. The number of carbonyl (C=O) groups excluding carboxylic acids is 3. The molecule has 7 atom stereocenters. The zero-order chi connectivity index (χ0) is 38.5. The smallest absolute Gasteiger partial charge is 0.324 e. The van der Waals surface area contributed by atoms with Gasteiger partial charge in [-0.2, -0.15) is 0 Å². The number of hydrogen-bond donors (Lipinski definition) is 3. The van der Waals surface area contributed by atoms with Crippen molar-refractivity contribution in [2.75, 3.05) is 26.0 Å². The number of esters is 1. The predicted octanol–water partition coefficient (Wildman–Crippen LogP) is 5.08. The number of aliphatic imine (C=N–C) groups is 1. The van der Waals surface area contributed by atoms with E-state index in [2.05, 4.69) is 60.3 Å². The summed E-state index contributed by atoms with van der Waals surface area (Å²) in [6, 6.07) is 8.64. The summed E-state index contributed by atoms with van der Waals surface area (Å²) < 4.78 is 14.1. The lowest BCUT2D eigenvalue weighted by atomic mass is 9.84. The summed E-state index contributed by atoms with van der Waals surface area (Å²) in [7, 11) is 1.69. The van der Waals surface area contributed by atoms with Crippen LogP contribution in [0.15, 0.2) is 41.5 Å². The van der Waals surface area contributed by atoms with E-state index in [9.17, 15) is 24.3 Å². The van der Waals surface area contributed by atoms with Gasteiger partial charge in [-0.05, 0) is 74.4 Å². The number of hydrogen-bond acceptors (Lipinski definition) is 10. The lowest BCUT2D eigenvalue weighted by Gasteiger charge is -2.35. The van der Waals surface area contributed by atoms with Crippen molar-refractivity contribution in [1.82, 2.24) is 25.3 Å². The molecular weight excluding hydrogens is 709 g/mol. The van der Waals surface area contributed by atoms with Crippen molar-refractivity contribution in [3.63, 3.8) is 0 Å². The van der Waals surface area contributed by atoms with Gasteiger partial charge >= 0.3 is 11.9 Å². The molecular formula is C40H50N6O7S. The highest BCUT2D eigenvalue weighted by Gasteiger charge is 2.57. The molecule has 5 heterocycles. The van der Waals surface area contributed by atoms with Crippen molar-refractivity contribution < 1.29 is 33.8 Å². The van der Waals surface area contributed by atoms with Crippen LogP contribution < -0.4 is 10.7 Å². The zero-order valence-electron chi connectivity index (χ0n) is 31.8. The van der Waals surface area contributed by atoms with Crippen LogP contribution in [0.4, 0.5) is 0 Å². The number of rotatable bonds is 7. The Labute approximate surface area is 319 Å². The monoisotopic (exact) mass is 758 g/mol. The van der Waals surface area contributed by atoms with Crippen molar-refractivity contribution in [2.24, 2.45) is 28.2 Å². The number of cyclic esters (lactones) is 1. The highest BCUT2D eigenvalue weighted by atomic mass is 32.2. The number of fused-ring (bicyclic) bond motifs is 5. The molecule has 6 bridgehead atoms. The first kappa shape index (κ1) is 38.0. The Kier molecular flexibility index (Phi) is 10.6. The molecule has 14 heteroatoms. The van der Waals surface area contributed by atoms with Crippen LogP contribution >= 0.6 is 11.8 Å². The summed E-state index contributed by atoms with van der Waals surface area (Å²) in [6.45, 7) is 11.3. The molecule has 3 aliphatic heterocycles. The first-order chi connectivity index (χ1) is 25.8. The predicted molar refractivity (Wildman–Crippen MR) is 206 cm³/mol. The summed E-state index contributed by atoms with van der Waals surface area (Å²) in [5, 5.41) is 15.7. The molecule has 1 unspecified atom stereocenters. The van der Waals surface area contributed by atoms with Gasteiger partial charge in [-0.3, -0.25) is 34.2 Å². The minimum atomic E-state index is -1.02. The number of ether oxygens (including phenoxy) is 2. The van der Waals surface area contributed by atoms with Crippen molar-refractivity contribution in [2.45, 2.75) is 91.1 Å². The third-order valence-corrected chi connectivity index (χ3v) is 12.5. The maximum Gasteiger partial charge on any atom is 0.324 e. The second-order valence-electron chi connectivity index (χ2n) is 15.8. The molecule has 288 valence electrons. The fourth-order valence-electron chi connectivity index (χ4n) is 8.31. The van der Waals surface area contributed by atoms with Crippen molar-refractivity contribution in [3.05, 3.63) is 53.3 Å². The number of carboxylic acids is 1. The van der Waals surface area contributed by atoms with Crippen LogP contribution in [0.25, 0.3) is 22.2 Å². The van der Waals surface area contributed by atoms with Crippen molar-refractivity contribution in [3.8, 4) is 11.3 Å². The highest BCUT2D eigenvalue weighted by molar-refractivity contribution is 8.14. The Morgan fingerprint density at radius 2 is 2.02 bits per heavy atom. The standard InChI is InChI=1S/C40H50N6O7S/c1-7-45-30-13-12-23-16-25(30)26(35(45)24-10-8-14-41-34(24)22(3)52-6)18-40(4,5)20-53-39(51)27-11-9-15-46(44-27)37(48)28(17-31-42-29(23)19-54-31)43-36(47)32-21(2)33(32)38(49)50/h8,10,12-14,16,21-22,27-29,32-33,44H,7,9,11,15,17-20H2,1-6H3,(H,43,47)(H,49,50)/t21-,22+,27+,28+,29?,32-,33-/m1/s1. The fourth-order valence-corrected chi connectivity index (χ4v) is 9.41. The van der Waals surface area contributed by atoms with Crippen molar-refractivity contribution >= 4 is 51.5 Å². The number of thioether (sulfide) groups is 1. The van der Waals surface area contributed by atoms with E-state index >= 15 is 0 Å². The molecule has 1 aromatic carbocycles. The van der Waals surface area contributed by atoms with E-state index in [0.29, 0.717) is 31.6 Å². The Hall–Kier alpha value is -4.27. The number of hydrazine groups is 1. The summed E-state index contributed by atoms with van der Waals surface area (Å²) in [4.78, 5) is 62.8. The average Bonchev–Trinajstić information content (AvgIpc) is 3.48. The summed E-state index contributed by atoms with van der Waals surface area (Å²) in [5.74, 6) is -3.48.